The highest BCUT2D eigenvalue weighted by atomic mass is 16.5. The zero-order valence-corrected chi connectivity index (χ0v) is 17.4. The van der Waals surface area contributed by atoms with Crippen LogP contribution < -0.4 is 10.6 Å². The molecule has 1 aromatic heterocycles. The molecule has 3 N–H and O–H groups in total. The van der Waals surface area contributed by atoms with Gasteiger partial charge in [0, 0.05) is 32.7 Å². The van der Waals surface area contributed by atoms with E-state index >= 15 is 0 Å². The number of aryl methyl sites for hydroxylation is 1. The molecule has 27 heavy (non-hydrogen) atoms. The van der Waals surface area contributed by atoms with Gasteiger partial charge in [0.2, 0.25) is 0 Å². The number of aliphatic hydroxyl groups is 1. The van der Waals surface area contributed by atoms with E-state index < -0.39 is 5.60 Å². The number of hydrogen-bond donors (Lipinski definition) is 3. The molecule has 1 fully saturated rings. The molecule has 1 aliphatic rings. The Balaban J connectivity index is 1.89. The fourth-order valence-corrected chi connectivity index (χ4v) is 3.17. The third-order valence-corrected chi connectivity index (χ3v) is 4.50. The van der Waals surface area contributed by atoms with Crippen molar-refractivity contribution >= 4 is 5.96 Å². The quantitative estimate of drug-likeness (QED) is 0.470. The summed E-state index contributed by atoms with van der Waals surface area (Å²) in [5.41, 5.74) is -1.15. The average Bonchev–Trinajstić information content (AvgIpc) is 3.04. The summed E-state index contributed by atoms with van der Waals surface area (Å²) in [7, 11) is 0. The van der Waals surface area contributed by atoms with E-state index in [1.54, 1.807) is 13.0 Å². The van der Waals surface area contributed by atoms with Crippen LogP contribution >= 0.6 is 0 Å². The van der Waals surface area contributed by atoms with E-state index in [9.17, 15) is 5.11 Å². The SMILES string of the molecule is CCNC(=NCC(C)(O)c1ccc(C)o1)NCC1CN(CC(C)C)CCO1. The van der Waals surface area contributed by atoms with Crippen LogP contribution in [0.1, 0.15) is 39.2 Å². The summed E-state index contributed by atoms with van der Waals surface area (Å²) in [5.74, 6) is 2.63. The number of nitrogens with one attached hydrogen (secondary N) is 2. The highest BCUT2D eigenvalue weighted by molar-refractivity contribution is 5.79. The van der Waals surface area contributed by atoms with Gasteiger partial charge in [0.15, 0.2) is 5.96 Å². The first-order valence-corrected chi connectivity index (χ1v) is 9.95. The van der Waals surface area contributed by atoms with Crippen LogP contribution in [0.3, 0.4) is 0 Å². The zero-order chi connectivity index (χ0) is 19.9. The van der Waals surface area contributed by atoms with E-state index in [0.717, 1.165) is 38.5 Å². The smallest absolute Gasteiger partial charge is 0.191 e. The molecule has 0 aromatic carbocycles. The third kappa shape index (κ3) is 7.16. The van der Waals surface area contributed by atoms with Crippen molar-refractivity contribution in [3.8, 4) is 0 Å². The van der Waals surface area contributed by atoms with Crippen LogP contribution in [-0.4, -0.2) is 67.9 Å². The van der Waals surface area contributed by atoms with Gasteiger partial charge < -0.3 is 24.9 Å². The minimum Gasteiger partial charge on any atom is -0.463 e. The molecule has 1 aromatic rings. The second kappa shape index (κ2) is 10.1. The molecule has 2 atom stereocenters. The molecule has 2 unspecified atom stereocenters. The van der Waals surface area contributed by atoms with Crippen LogP contribution in [0.4, 0.5) is 0 Å². The van der Waals surface area contributed by atoms with Crippen molar-refractivity contribution in [2.75, 3.05) is 45.9 Å². The lowest BCUT2D eigenvalue weighted by atomic mass is 10.0. The summed E-state index contributed by atoms with van der Waals surface area (Å²) in [6, 6.07) is 3.64. The standard InChI is InChI=1S/C20H36N4O3/c1-6-21-19(23-14-20(5,25)18-8-7-16(4)27-18)22-11-17-13-24(9-10-26-17)12-15(2)3/h7-8,15,17,25H,6,9-14H2,1-5H3,(H2,21,22,23). The molecular weight excluding hydrogens is 344 g/mol. The van der Waals surface area contributed by atoms with Crippen molar-refractivity contribution in [3.05, 3.63) is 23.7 Å². The monoisotopic (exact) mass is 380 g/mol. The van der Waals surface area contributed by atoms with E-state index in [1.165, 1.54) is 0 Å². The molecule has 0 radical (unpaired) electrons. The van der Waals surface area contributed by atoms with Gasteiger partial charge in [-0.15, -0.1) is 0 Å². The van der Waals surface area contributed by atoms with Gasteiger partial charge in [-0.05, 0) is 38.8 Å². The Kier molecular flexibility index (Phi) is 8.13. The van der Waals surface area contributed by atoms with Crippen LogP contribution in [0.25, 0.3) is 0 Å². The number of aliphatic imine (C=N–C) groups is 1. The number of nitrogens with zero attached hydrogens (tertiary/aromatic N) is 2. The Morgan fingerprint density at radius 1 is 1.41 bits per heavy atom. The zero-order valence-electron chi connectivity index (χ0n) is 17.4. The summed E-state index contributed by atoms with van der Waals surface area (Å²) in [6.45, 7) is 15.5. The van der Waals surface area contributed by atoms with E-state index in [0.29, 0.717) is 24.2 Å². The van der Waals surface area contributed by atoms with Gasteiger partial charge in [-0.25, -0.2) is 4.99 Å². The van der Waals surface area contributed by atoms with E-state index in [2.05, 4.69) is 34.4 Å². The fraction of sp³-hybridized carbons (Fsp3) is 0.750. The maximum absolute atomic E-state index is 10.7. The predicted octanol–water partition coefficient (Wildman–Crippen LogP) is 1.71. The molecule has 7 nitrogen and oxygen atoms in total. The summed E-state index contributed by atoms with van der Waals surface area (Å²) in [5, 5.41) is 17.2. The van der Waals surface area contributed by atoms with Crippen molar-refractivity contribution in [2.24, 2.45) is 10.9 Å². The molecule has 7 heteroatoms. The summed E-state index contributed by atoms with van der Waals surface area (Å²) < 4.78 is 11.4. The molecule has 1 saturated heterocycles. The van der Waals surface area contributed by atoms with E-state index in [-0.39, 0.29) is 12.6 Å². The Hall–Kier alpha value is -1.57. The summed E-state index contributed by atoms with van der Waals surface area (Å²) >= 11 is 0. The number of furan rings is 1. The normalized spacial score (nSPS) is 21.3. The largest absolute Gasteiger partial charge is 0.463 e. The molecule has 154 valence electrons. The molecule has 0 saturated carbocycles. The lowest BCUT2D eigenvalue weighted by molar-refractivity contribution is -0.0284. The first-order chi connectivity index (χ1) is 12.8. The fourth-order valence-electron chi connectivity index (χ4n) is 3.17. The number of hydrogen-bond acceptors (Lipinski definition) is 5. The van der Waals surface area contributed by atoms with Crippen LogP contribution in [0.5, 0.6) is 0 Å². The molecule has 0 bridgehead atoms. The molecular formula is C20H36N4O3. The van der Waals surface area contributed by atoms with Gasteiger partial charge in [0.05, 0.1) is 19.3 Å². The average molecular weight is 381 g/mol. The molecule has 2 rings (SSSR count). The Morgan fingerprint density at radius 3 is 2.81 bits per heavy atom. The molecule has 0 spiro atoms. The lowest BCUT2D eigenvalue weighted by Crippen LogP contribution is -2.50. The first kappa shape index (κ1) is 21.7. The summed E-state index contributed by atoms with van der Waals surface area (Å²) in [6.07, 6.45) is 0.134. The molecule has 0 aliphatic carbocycles. The molecule has 1 aliphatic heterocycles. The van der Waals surface area contributed by atoms with E-state index in [4.69, 9.17) is 9.15 Å². The van der Waals surface area contributed by atoms with Gasteiger partial charge >= 0.3 is 0 Å². The summed E-state index contributed by atoms with van der Waals surface area (Å²) in [4.78, 5) is 6.99. The Labute approximate surface area is 163 Å². The highest BCUT2D eigenvalue weighted by Gasteiger charge is 2.27. The maximum atomic E-state index is 10.7. The molecule has 0 amide bonds. The Bertz CT molecular complexity index is 598. The van der Waals surface area contributed by atoms with Crippen LogP contribution in [0.2, 0.25) is 0 Å². The first-order valence-electron chi connectivity index (χ1n) is 9.95. The van der Waals surface area contributed by atoms with Crippen molar-refractivity contribution in [1.29, 1.82) is 0 Å². The highest BCUT2D eigenvalue weighted by Crippen LogP contribution is 2.23. The number of ether oxygens (including phenoxy) is 1. The van der Waals surface area contributed by atoms with Crippen molar-refractivity contribution in [2.45, 2.75) is 46.3 Å². The van der Waals surface area contributed by atoms with Crippen LogP contribution in [-0.2, 0) is 10.3 Å². The number of rotatable bonds is 8. The van der Waals surface area contributed by atoms with Crippen molar-refractivity contribution < 1.29 is 14.3 Å². The van der Waals surface area contributed by atoms with Gasteiger partial charge in [0.25, 0.3) is 0 Å². The van der Waals surface area contributed by atoms with Crippen LogP contribution in [0.15, 0.2) is 21.5 Å². The van der Waals surface area contributed by atoms with Crippen LogP contribution in [0, 0.1) is 12.8 Å². The topological polar surface area (TPSA) is 82.3 Å². The molecule has 2 heterocycles. The third-order valence-electron chi connectivity index (χ3n) is 4.50. The second-order valence-corrected chi connectivity index (χ2v) is 7.91. The minimum atomic E-state index is -1.15. The lowest BCUT2D eigenvalue weighted by Gasteiger charge is -2.34. The van der Waals surface area contributed by atoms with Crippen molar-refractivity contribution in [1.82, 2.24) is 15.5 Å². The van der Waals surface area contributed by atoms with E-state index in [1.807, 2.05) is 19.9 Å². The number of guanidine groups is 1. The van der Waals surface area contributed by atoms with Crippen molar-refractivity contribution in [3.63, 3.8) is 0 Å². The van der Waals surface area contributed by atoms with Gasteiger partial charge in [-0.3, -0.25) is 4.90 Å². The maximum Gasteiger partial charge on any atom is 0.191 e. The van der Waals surface area contributed by atoms with Gasteiger partial charge in [0.1, 0.15) is 17.1 Å². The van der Waals surface area contributed by atoms with Gasteiger partial charge in [-0.1, -0.05) is 13.8 Å². The minimum absolute atomic E-state index is 0.134. The Morgan fingerprint density at radius 2 is 2.19 bits per heavy atom. The second-order valence-electron chi connectivity index (χ2n) is 7.91. The van der Waals surface area contributed by atoms with Gasteiger partial charge in [-0.2, -0.15) is 0 Å². The number of morpholine rings is 1. The predicted molar refractivity (Wildman–Crippen MR) is 108 cm³/mol.